The summed E-state index contributed by atoms with van der Waals surface area (Å²) in [5, 5.41) is 13.9. The number of aromatic nitrogens is 4. The third kappa shape index (κ3) is 5.84. The van der Waals surface area contributed by atoms with E-state index in [2.05, 4.69) is 36.6 Å². The van der Waals surface area contributed by atoms with E-state index in [9.17, 15) is 30.7 Å². The zero-order chi connectivity index (χ0) is 23.5. The van der Waals surface area contributed by atoms with Gasteiger partial charge in [-0.2, -0.15) is 31.6 Å². The van der Waals surface area contributed by atoms with Crippen molar-refractivity contribution in [1.82, 2.24) is 20.6 Å². The maximum atomic E-state index is 14.4. The van der Waals surface area contributed by atoms with Gasteiger partial charge in [0.2, 0.25) is 5.82 Å². The first-order chi connectivity index (χ1) is 15.0. The van der Waals surface area contributed by atoms with Crippen LogP contribution in [0.2, 0.25) is 0 Å². The molecule has 0 aliphatic carbocycles. The SMILES string of the molecule is FC(F)F.Fc1cc2cc(-c3nn[nH]n3)oc2cc1CCc1ccc(Br)c(C(F)(F)F)c1. The van der Waals surface area contributed by atoms with E-state index in [-0.39, 0.29) is 23.1 Å². The van der Waals surface area contributed by atoms with E-state index in [0.29, 0.717) is 27.9 Å². The molecule has 13 heteroatoms. The van der Waals surface area contributed by atoms with Crippen molar-refractivity contribution >= 4 is 26.9 Å². The number of aromatic amines is 1. The largest absolute Gasteiger partial charge is 0.453 e. The highest BCUT2D eigenvalue weighted by Gasteiger charge is 2.33. The van der Waals surface area contributed by atoms with Crippen molar-refractivity contribution in [2.24, 2.45) is 0 Å². The molecule has 0 aliphatic heterocycles. The lowest BCUT2D eigenvalue weighted by Crippen LogP contribution is -2.07. The van der Waals surface area contributed by atoms with Crippen LogP contribution >= 0.6 is 15.9 Å². The summed E-state index contributed by atoms with van der Waals surface area (Å²) in [5.41, 5.74) is 0.486. The molecule has 0 bridgehead atoms. The van der Waals surface area contributed by atoms with E-state index in [4.69, 9.17) is 4.42 Å². The van der Waals surface area contributed by atoms with E-state index in [1.165, 1.54) is 18.2 Å². The monoisotopic (exact) mass is 524 g/mol. The Balaban J connectivity index is 0.000000668. The number of benzene rings is 2. The molecule has 0 radical (unpaired) electrons. The Morgan fingerprint density at radius 1 is 1.03 bits per heavy atom. The van der Waals surface area contributed by atoms with Gasteiger partial charge in [0.05, 0.1) is 5.56 Å². The number of halogens is 8. The highest BCUT2D eigenvalue weighted by atomic mass is 79.9. The molecule has 1 N–H and O–H groups in total. The average Bonchev–Trinajstić information content (AvgIpc) is 3.35. The summed E-state index contributed by atoms with van der Waals surface area (Å²) < 4.78 is 88.1. The van der Waals surface area contributed by atoms with Crippen LogP contribution in [0.25, 0.3) is 22.6 Å². The van der Waals surface area contributed by atoms with Gasteiger partial charge in [-0.25, -0.2) is 4.39 Å². The molecule has 0 fully saturated rings. The van der Waals surface area contributed by atoms with Gasteiger partial charge in [0.1, 0.15) is 11.4 Å². The summed E-state index contributed by atoms with van der Waals surface area (Å²) in [6, 6.07) is 8.45. The average molecular weight is 525 g/mol. The number of aryl methyl sites for hydroxylation is 2. The summed E-state index contributed by atoms with van der Waals surface area (Å²) in [7, 11) is 0. The van der Waals surface area contributed by atoms with Crippen LogP contribution in [0.15, 0.2) is 45.3 Å². The van der Waals surface area contributed by atoms with Gasteiger partial charge >= 0.3 is 12.9 Å². The molecule has 5 nitrogen and oxygen atoms in total. The van der Waals surface area contributed by atoms with Crippen LogP contribution in [0.1, 0.15) is 16.7 Å². The maximum absolute atomic E-state index is 14.4. The van der Waals surface area contributed by atoms with Gasteiger partial charge in [-0.1, -0.05) is 22.0 Å². The third-order valence-corrected chi connectivity index (χ3v) is 4.96. The first-order valence-electron chi connectivity index (χ1n) is 8.78. The van der Waals surface area contributed by atoms with Gasteiger partial charge in [-0.05, 0) is 59.5 Å². The van der Waals surface area contributed by atoms with E-state index in [0.717, 1.165) is 6.07 Å². The highest BCUT2D eigenvalue weighted by Crippen LogP contribution is 2.35. The zero-order valence-electron chi connectivity index (χ0n) is 15.7. The van der Waals surface area contributed by atoms with Crippen molar-refractivity contribution < 1.29 is 35.2 Å². The first kappa shape index (κ1) is 23.7. The summed E-state index contributed by atoms with van der Waals surface area (Å²) >= 11 is 2.91. The molecular weight excluding hydrogens is 513 g/mol. The van der Waals surface area contributed by atoms with Crippen molar-refractivity contribution in [2.45, 2.75) is 25.7 Å². The summed E-state index contributed by atoms with van der Waals surface area (Å²) in [6.45, 7) is -3.67. The fraction of sp³-hybridized carbons (Fsp3) is 0.211. The molecule has 0 amide bonds. The number of H-pyrrole nitrogens is 1. The predicted octanol–water partition coefficient (Wildman–Crippen LogP) is 6.50. The van der Waals surface area contributed by atoms with Crippen molar-refractivity contribution in [3.8, 4) is 11.6 Å². The first-order valence-corrected chi connectivity index (χ1v) is 9.57. The molecule has 32 heavy (non-hydrogen) atoms. The van der Waals surface area contributed by atoms with Gasteiger partial charge in [0.15, 0.2) is 5.76 Å². The maximum Gasteiger partial charge on any atom is 0.417 e. The van der Waals surface area contributed by atoms with Crippen LogP contribution in [0.4, 0.5) is 30.7 Å². The molecule has 170 valence electrons. The lowest BCUT2D eigenvalue weighted by molar-refractivity contribution is -0.138. The minimum atomic E-state index is -4.46. The third-order valence-electron chi connectivity index (χ3n) is 4.27. The van der Waals surface area contributed by atoms with Crippen molar-refractivity contribution in [2.75, 3.05) is 0 Å². The van der Waals surface area contributed by atoms with Gasteiger partial charge in [0.25, 0.3) is 0 Å². The molecule has 0 saturated heterocycles. The van der Waals surface area contributed by atoms with E-state index >= 15 is 0 Å². The van der Waals surface area contributed by atoms with Crippen molar-refractivity contribution in [3.63, 3.8) is 0 Å². The van der Waals surface area contributed by atoms with Crippen LogP contribution in [0.5, 0.6) is 0 Å². The topological polar surface area (TPSA) is 67.6 Å². The molecular formula is C19H12BrF7N4O. The van der Waals surface area contributed by atoms with Crippen molar-refractivity contribution in [1.29, 1.82) is 0 Å². The van der Waals surface area contributed by atoms with Gasteiger partial charge in [-0.15, -0.1) is 10.2 Å². The van der Waals surface area contributed by atoms with Gasteiger partial charge in [0, 0.05) is 9.86 Å². The number of hydrogen-bond acceptors (Lipinski definition) is 4. The number of fused-ring (bicyclic) bond motifs is 1. The smallest absolute Gasteiger partial charge is 0.417 e. The van der Waals surface area contributed by atoms with Crippen LogP contribution in [-0.4, -0.2) is 27.3 Å². The Bertz CT molecular complexity index is 1190. The summed E-state index contributed by atoms with van der Waals surface area (Å²) in [5.74, 6) is 0.122. The number of nitrogens with zero attached hydrogens (tertiary/aromatic N) is 3. The second kappa shape index (κ2) is 9.67. The molecule has 2 aromatic carbocycles. The summed E-state index contributed by atoms with van der Waals surface area (Å²) in [4.78, 5) is 0. The quantitative estimate of drug-likeness (QED) is 0.309. The molecule has 0 spiro atoms. The van der Waals surface area contributed by atoms with E-state index in [1.54, 1.807) is 12.1 Å². The molecule has 4 aromatic rings. The minimum absolute atomic E-state index is 0.0269. The van der Waals surface area contributed by atoms with E-state index in [1.807, 2.05) is 0 Å². The number of furan rings is 1. The Hall–Kier alpha value is -2.96. The molecule has 2 heterocycles. The second-order valence-electron chi connectivity index (χ2n) is 6.39. The summed E-state index contributed by atoms with van der Waals surface area (Å²) in [6.07, 6.45) is -3.99. The Kier molecular flexibility index (Phi) is 7.16. The fourth-order valence-corrected chi connectivity index (χ4v) is 3.36. The molecule has 0 unspecified atom stereocenters. The minimum Gasteiger partial charge on any atom is -0.453 e. The standard InChI is InChI=1S/C18H11BrF4N4O.CHF3/c19-13-4-2-9(5-12(13)18(21,22)23)1-3-10-7-15-11(6-14(10)20)8-16(28-15)17-24-26-27-25-17;2-1(3)4/h2,4-8H,1,3H2,(H,24,25,26,27);1H. The molecule has 4 rings (SSSR count). The van der Waals surface area contributed by atoms with Gasteiger partial charge in [-0.3, -0.25) is 0 Å². The number of alkyl halides is 6. The molecule has 0 aliphatic rings. The fourth-order valence-electron chi connectivity index (χ4n) is 2.89. The zero-order valence-corrected chi connectivity index (χ0v) is 17.3. The van der Waals surface area contributed by atoms with Crippen LogP contribution in [-0.2, 0) is 19.0 Å². The lowest BCUT2D eigenvalue weighted by Gasteiger charge is -2.11. The predicted molar refractivity (Wildman–Crippen MR) is 103 cm³/mol. The van der Waals surface area contributed by atoms with E-state index < -0.39 is 24.2 Å². The second-order valence-corrected chi connectivity index (χ2v) is 7.24. The van der Waals surface area contributed by atoms with Crippen LogP contribution in [0, 0.1) is 5.82 Å². The Morgan fingerprint density at radius 2 is 1.75 bits per heavy atom. The highest BCUT2D eigenvalue weighted by molar-refractivity contribution is 9.10. The Morgan fingerprint density at radius 3 is 2.38 bits per heavy atom. The Labute approximate surface area is 183 Å². The number of hydrogen-bond donors (Lipinski definition) is 1. The number of tetrazole rings is 1. The molecule has 0 saturated carbocycles. The number of nitrogens with one attached hydrogen (secondary N) is 1. The van der Waals surface area contributed by atoms with Crippen LogP contribution < -0.4 is 0 Å². The van der Waals surface area contributed by atoms with Crippen LogP contribution in [0.3, 0.4) is 0 Å². The molecule has 2 aromatic heterocycles. The van der Waals surface area contributed by atoms with Crippen molar-refractivity contribution in [3.05, 3.63) is 63.4 Å². The molecule has 0 atom stereocenters. The number of rotatable bonds is 4. The van der Waals surface area contributed by atoms with Gasteiger partial charge < -0.3 is 4.42 Å². The lowest BCUT2D eigenvalue weighted by atomic mass is 10.0. The normalized spacial score (nSPS) is 11.7.